The van der Waals surface area contributed by atoms with Crippen LogP contribution in [0.4, 0.5) is 5.82 Å². The molecule has 0 saturated carbocycles. The lowest BCUT2D eigenvalue weighted by atomic mass is 10.1. The fourth-order valence-corrected chi connectivity index (χ4v) is 3.43. The Labute approximate surface area is 148 Å². The summed E-state index contributed by atoms with van der Waals surface area (Å²) in [7, 11) is 0. The second-order valence-electron chi connectivity index (χ2n) is 6.84. The standard InChI is InChI=1S/C21H24N4/c1-15-9-10-18(13-16(15)2)25-21-19(8-4-6-12-23-21)20(24-25)14-17-7-3-5-11-22-17/h3,5,7,9-11,13,23H,4,6,8,12,14H2,1-2H3. The molecule has 4 rings (SSSR count). The minimum atomic E-state index is 0.780. The van der Waals surface area contributed by atoms with Crippen molar-refractivity contribution in [2.45, 2.75) is 39.5 Å². The van der Waals surface area contributed by atoms with Crippen LogP contribution in [0, 0.1) is 13.8 Å². The quantitative estimate of drug-likeness (QED) is 0.781. The number of nitrogens with one attached hydrogen (secondary N) is 1. The van der Waals surface area contributed by atoms with Gasteiger partial charge < -0.3 is 5.32 Å². The van der Waals surface area contributed by atoms with Gasteiger partial charge in [0.15, 0.2) is 0 Å². The highest BCUT2D eigenvalue weighted by Gasteiger charge is 2.21. The molecule has 25 heavy (non-hydrogen) atoms. The molecule has 0 amide bonds. The maximum absolute atomic E-state index is 4.98. The minimum absolute atomic E-state index is 0.780. The fourth-order valence-electron chi connectivity index (χ4n) is 3.43. The van der Waals surface area contributed by atoms with E-state index in [0.29, 0.717) is 0 Å². The van der Waals surface area contributed by atoms with Crippen LogP contribution in [0.15, 0.2) is 42.6 Å². The molecule has 4 nitrogen and oxygen atoms in total. The predicted molar refractivity (Wildman–Crippen MR) is 102 cm³/mol. The van der Waals surface area contributed by atoms with Crippen LogP contribution in [0.5, 0.6) is 0 Å². The van der Waals surface area contributed by atoms with Crippen molar-refractivity contribution >= 4 is 5.82 Å². The summed E-state index contributed by atoms with van der Waals surface area (Å²) in [6.45, 7) is 5.31. The van der Waals surface area contributed by atoms with Crippen LogP contribution in [-0.2, 0) is 12.8 Å². The Hall–Kier alpha value is -2.62. The summed E-state index contributed by atoms with van der Waals surface area (Å²) < 4.78 is 2.09. The van der Waals surface area contributed by atoms with Crippen LogP contribution >= 0.6 is 0 Å². The summed E-state index contributed by atoms with van der Waals surface area (Å²) in [5.74, 6) is 1.16. The lowest BCUT2D eigenvalue weighted by molar-refractivity contribution is 0.766. The number of aryl methyl sites for hydroxylation is 2. The molecule has 0 fully saturated rings. The van der Waals surface area contributed by atoms with Crippen LogP contribution in [-0.4, -0.2) is 21.3 Å². The molecule has 4 heteroatoms. The molecule has 3 aromatic rings. The summed E-state index contributed by atoms with van der Waals surface area (Å²) in [4.78, 5) is 4.48. The minimum Gasteiger partial charge on any atom is -0.370 e. The molecule has 0 atom stereocenters. The first-order valence-corrected chi connectivity index (χ1v) is 9.04. The lowest BCUT2D eigenvalue weighted by Crippen LogP contribution is -2.07. The molecular weight excluding hydrogens is 308 g/mol. The zero-order valence-electron chi connectivity index (χ0n) is 14.9. The zero-order valence-corrected chi connectivity index (χ0v) is 14.9. The maximum Gasteiger partial charge on any atom is 0.133 e. The highest BCUT2D eigenvalue weighted by atomic mass is 15.3. The smallest absolute Gasteiger partial charge is 0.133 e. The van der Waals surface area contributed by atoms with Gasteiger partial charge in [0.25, 0.3) is 0 Å². The Morgan fingerprint density at radius 1 is 1.08 bits per heavy atom. The maximum atomic E-state index is 4.98. The van der Waals surface area contributed by atoms with Gasteiger partial charge in [0.1, 0.15) is 5.82 Å². The summed E-state index contributed by atoms with van der Waals surface area (Å²) in [5.41, 5.74) is 7.29. The number of anilines is 1. The van der Waals surface area contributed by atoms with Crippen molar-refractivity contribution in [1.82, 2.24) is 14.8 Å². The summed E-state index contributed by atoms with van der Waals surface area (Å²) in [5, 5.41) is 8.60. The lowest BCUT2D eigenvalue weighted by Gasteiger charge is -2.11. The van der Waals surface area contributed by atoms with E-state index < -0.39 is 0 Å². The monoisotopic (exact) mass is 332 g/mol. The first kappa shape index (κ1) is 15.9. The number of benzene rings is 1. The fraction of sp³-hybridized carbons (Fsp3) is 0.333. The van der Waals surface area contributed by atoms with E-state index in [1.807, 2.05) is 18.3 Å². The molecular formula is C21H24N4. The van der Waals surface area contributed by atoms with Gasteiger partial charge in [0.2, 0.25) is 0 Å². The normalized spacial score (nSPS) is 13.8. The first-order chi connectivity index (χ1) is 12.2. The van der Waals surface area contributed by atoms with E-state index in [0.717, 1.165) is 42.3 Å². The number of hydrogen-bond donors (Lipinski definition) is 1. The Morgan fingerprint density at radius 2 is 2.00 bits per heavy atom. The molecule has 1 N–H and O–H groups in total. The average Bonchev–Trinajstić information content (AvgIpc) is 2.81. The zero-order chi connectivity index (χ0) is 17.2. The summed E-state index contributed by atoms with van der Waals surface area (Å²) >= 11 is 0. The van der Waals surface area contributed by atoms with Crippen molar-refractivity contribution in [2.24, 2.45) is 0 Å². The summed E-state index contributed by atoms with van der Waals surface area (Å²) in [6, 6.07) is 12.6. The number of rotatable bonds is 3. The Bertz CT molecular complexity index is 880. The topological polar surface area (TPSA) is 42.7 Å². The number of fused-ring (bicyclic) bond motifs is 1. The average molecular weight is 332 g/mol. The van der Waals surface area contributed by atoms with Crippen LogP contribution in [0.3, 0.4) is 0 Å². The van der Waals surface area contributed by atoms with Crippen molar-refractivity contribution in [3.63, 3.8) is 0 Å². The highest BCUT2D eigenvalue weighted by molar-refractivity contribution is 5.55. The van der Waals surface area contributed by atoms with E-state index in [4.69, 9.17) is 5.10 Å². The molecule has 0 bridgehead atoms. The molecule has 2 aromatic heterocycles. The van der Waals surface area contributed by atoms with Crippen molar-refractivity contribution in [3.8, 4) is 5.69 Å². The van der Waals surface area contributed by atoms with Crippen molar-refractivity contribution in [1.29, 1.82) is 0 Å². The molecule has 1 aliphatic heterocycles. The molecule has 1 aliphatic rings. The van der Waals surface area contributed by atoms with E-state index in [2.05, 4.69) is 53.1 Å². The van der Waals surface area contributed by atoms with Gasteiger partial charge in [-0.25, -0.2) is 4.68 Å². The molecule has 1 aromatic carbocycles. The van der Waals surface area contributed by atoms with Crippen molar-refractivity contribution < 1.29 is 0 Å². The van der Waals surface area contributed by atoms with Gasteiger partial charge in [-0.3, -0.25) is 4.98 Å². The van der Waals surface area contributed by atoms with Gasteiger partial charge in [-0.1, -0.05) is 12.1 Å². The highest BCUT2D eigenvalue weighted by Crippen LogP contribution is 2.29. The van der Waals surface area contributed by atoms with Crippen molar-refractivity contribution in [3.05, 3.63) is 70.7 Å². The van der Waals surface area contributed by atoms with E-state index in [9.17, 15) is 0 Å². The third kappa shape index (κ3) is 3.16. The largest absolute Gasteiger partial charge is 0.370 e. The van der Waals surface area contributed by atoms with Crippen LogP contribution in [0.25, 0.3) is 5.69 Å². The third-order valence-electron chi connectivity index (χ3n) is 5.02. The van der Waals surface area contributed by atoms with E-state index in [-0.39, 0.29) is 0 Å². The Morgan fingerprint density at radius 3 is 2.80 bits per heavy atom. The second kappa shape index (κ2) is 6.71. The Balaban J connectivity index is 1.80. The number of hydrogen-bond acceptors (Lipinski definition) is 3. The molecule has 0 spiro atoms. The van der Waals surface area contributed by atoms with Gasteiger partial charge >= 0.3 is 0 Å². The number of nitrogens with zero attached hydrogens (tertiary/aromatic N) is 3. The predicted octanol–water partition coefficient (Wildman–Crippen LogP) is 4.22. The third-order valence-corrected chi connectivity index (χ3v) is 5.02. The molecule has 3 heterocycles. The Kier molecular flexibility index (Phi) is 4.26. The molecule has 0 radical (unpaired) electrons. The number of pyridine rings is 1. The second-order valence-corrected chi connectivity index (χ2v) is 6.84. The summed E-state index contributed by atoms with van der Waals surface area (Å²) in [6.07, 6.45) is 6.11. The van der Waals surface area contributed by atoms with Gasteiger partial charge in [-0.15, -0.1) is 0 Å². The molecule has 0 unspecified atom stereocenters. The molecule has 128 valence electrons. The van der Waals surface area contributed by atoms with Gasteiger partial charge in [-0.05, 0) is 68.5 Å². The van der Waals surface area contributed by atoms with Crippen LogP contribution < -0.4 is 5.32 Å². The SMILES string of the molecule is Cc1ccc(-n2nc(Cc3ccccn3)c3c2NCCCC3)cc1C. The molecule has 0 aliphatic carbocycles. The first-order valence-electron chi connectivity index (χ1n) is 9.04. The van der Waals surface area contributed by atoms with Gasteiger partial charge in [-0.2, -0.15) is 5.10 Å². The van der Waals surface area contributed by atoms with Crippen molar-refractivity contribution in [2.75, 3.05) is 11.9 Å². The van der Waals surface area contributed by atoms with E-state index >= 15 is 0 Å². The van der Waals surface area contributed by atoms with Gasteiger partial charge in [0.05, 0.1) is 11.4 Å². The van der Waals surface area contributed by atoms with Crippen LogP contribution in [0.2, 0.25) is 0 Å². The van der Waals surface area contributed by atoms with E-state index in [1.54, 1.807) is 0 Å². The molecule has 0 saturated heterocycles. The van der Waals surface area contributed by atoms with Crippen LogP contribution in [0.1, 0.15) is 40.9 Å². The van der Waals surface area contributed by atoms with Gasteiger partial charge in [0, 0.05) is 30.4 Å². The number of aromatic nitrogens is 3. The van der Waals surface area contributed by atoms with E-state index in [1.165, 1.54) is 29.5 Å².